The highest BCUT2D eigenvalue weighted by molar-refractivity contribution is 6.00. The number of hydrogen-bond donors (Lipinski definition) is 0. The number of ether oxygens (including phenoxy) is 3. The molecule has 0 atom stereocenters. The summed E-state index contributed by atoms with van der Waals surface area (Å²) in [7, 11) is 2.77. The molecule has 0 unspecified atom stereocenters. The minimum absolute atomic E-state index is 0.182. The number of hydrogen-bond acceptors (Lipinski definition) is 7. The Hall–Kier alpha value is -4.53. The number of benzene rings is 2. The molecule has 0 bridgehead atoms. The summed E-state index contributed by atoms with van der Waals surface area (Å²) in [6.45, 7) is 9.04. The molecule has 2 heterocycles. The third kappa shape index (κ3) is 5.13. The van der Waals surface area contributed by atoms with Crippen molar-refractivity contribution in [1.82, 2.24) is 14.8 Å². The lowest BCUT2D eigenvalue weighted by Crippen LogP contribution is -2.27. The van der Waals surface area contributed by atoms with Crippen molar-refractivity contribution < 1.29 is 28.2 Å². The molecule has 0 aliphatic heterocycles. The Morgan fingerprint density at radius 3 is 2.55 bits per heavy atom. The molecule has 0 radical (unpaired) electrons. The van der Waals surface area contributed by atoms with Gasteiger partial charge in [-0.05, 0) is 63.1 Å². The number of nitrogens with zero attached hydrogens (tertiary/aromatic N) is 3. The smallest absolute Gasteiger partial charge is 0.435 e. The molecule has 0 amide bonds. The maximum atomic E-state index is 14.9. The van der Waals surface area contributed by atoms with Crippen molar-refractivity contribution in [2.75, 3.05) is 14.2 Å². The summed E-state index contributed by atoms with van der Waals surface area (Å²) >= 11 is 0. The van der Waals surface area contributed by atoms with Gasteiger partial charge in [-0.3, -0.25) is 4.98 Å². The van der Waals surface area contributed by atoms with Crippen LogP contribution in [0.1, 0.15) is 36.7 Å². The Kier molecular flexibility index (Phi) is 7.30. The molecule has 38 heavy (non-hydrogen) atoms. The minimum atomic E-state index is -0.761. The Balaban J connectivity index is 1.98. The minimum Gasteiger partial charge on any atom is -0.496 e. The Bertz CT molecular complexity index is 1550. The first-order valence-electron chi connectivity index (χ1n) is 11.9. The van der Waals surface area contributed by atoms with Crippen LogP contribution < -0.4 is 4.74 Å². The van der Waals surface area contributed by atoms with E-state index in [2.05, 4.69) is 16.7 Å². The van der Waals surface area contributed by atoms with Gasteiger partial charge in [-0.15, -0.1) is 6.58 Å². The van der Waals surface area contributed by atoms with Crippen LogP contribution in [-0.2, 0) is 15.9 Å². The average molecular weight is 518 g/mol. The van der Waals surface area contributed by atoms with Crippen LogP contribution in [0.5, 0.6) is 5.75 Å². The van der Waals surface area contributed by atoms with Crippen LogP contribution in [0.3, 0.4) is 0 Å². The summed E-state index contributed by atoms with van der Waals surface area (Å²) in [4.78, 5) is 29.8. The molecule has 0 spiro atoms. The summed E-state index contributed by atoms with van der Waals surface area (Å²) in [5.41, 5.74) is 2.21. The number of pyridine rings is 1. The second-order valence-electron chi connectivity index (χ2n) is 9.50. The van der Waals surface area contributed by atoms with Gasteiger partial charge in [0.2, 0.25) is 0 Å². The van der Waals surface area contributed by atoms with Gasteiger partial charge >= 0.3 is 12.1 Å². The van der Waals surface area contributed by atoms with Crippen LogP contribution in [0, 0.1) is 5.82 Å². The van der Waals surface area contributed by atoms with E-state index in [0.29, 0.717) is 51.2 Å². The molecule has 0 N–H and O–H groups in total. The summed E-state index contributed by atoms with van der Waals surface area (Å²) in [5, 5.41) is 5.10. The van der Waals surface area contributed by atoms with Crippen LogP contribution in [0.2, 0.25) is 0 Å². The molecule has 0 saturated heterocycles. The number of halogens is 1. The number of carbonyl (C=O) groups excluding carboxylic acids is 2. The maximum absolute atomic E-state index is 14.9. The second kappa shape index (κ2) is 10.5. The van der Waals surface area contributed by atoms with E-state index in [1.165, 1.54) is 26.5 Å². The predicted octanol–water partition coefficient (Wildman–Crippen LogP) is 6.21. The fraction of sp³-hybridized carbons (Fsp3) is 0.241. The summed E-state index contributed by atoms with van der Waals surface area (Å²) in [6.07, 6.45) is 2.84. The van der Waals surface area contributed by atoms with Gasteiger partial charge in [0.05, 0.1) is 42.8 Å². The van der Waals surface area contributed by atoms with Gasteiger partial charge in [-0.2, -0.15) is 9.78 Å². The highest BCUT2D eigenvalue weighted by Gasteiger charge is 2.25. The molecule has 0 saturated carbocycles. The number of allylic oxidation sites excluding steroid dienone is 1. The van der Waals surface area contributed by atoms with Crippen LogP contribution in [0.15, 0.2) is 61.3 Å². The first-order valence-corrected chi connectivity index (χ1v) is 11.9. The zero-order valence-corrected chi connectivity index (χ0v) is 21.9. The number of aromatic nitrogens is 3. The lowest BCUT2D eigenvalue weighted by Gasteiger charge is -2.19. The van der Waals surface area contributed by atoms with Gasteiger partial charge in [0, 0.05) is 10.9 Å². The molecule has 0 aliphatic carbocycles. The van der Waals surface area contributed by atoms with Crippen molar-refractivity contribution in [2.24, 2.45) is 0 Å². The molecule has 9 heteroatoms. The van der Waals surface area contributed by atoms with E-state index in [-0.39, 0.29) is 5.56 Å². The van der Waals surface area contributed by atoms with Gasteiger partial charge in [0.1, 0.15) is 22.9 Å². The molecular weight excluding hydrogens is 489 g/mol. The molecular formula is C29H28FN3O5. The lowest BCUT2D eigenvalue weighted by atomic mass is 9.98. The fourth-order valence-electron chi connectivity index (χ4n) is 4.11. The van der Waals surface area contributed by atoms with Crippen LogP contribution in [0.4, 0.5) is 9.18 Å². The van der Waals surface area contributed by atoms with Gasteiger partial charge in [-0.1, -0.05) is 18.2 Å². The van der Waals surface area contributed by atoms with Gasteiger partial charge < -0.3 is 14.2 Å². The van der Waals surface area contributed by atoms with E-state index in [1.807, 2.05) is 0 Å². The Labute approximate surface area is 219 Å². The average Bonchev–Trinajstić information content (AvgIpc) is 3.26. The number of carbonyl (C=O) groups is 2. The van der Waals surface area contributed by atoms with Gasteiger partial charge in [0.25, 0.3) is 0 Å². The molecule has 4 aromatic rings. The van der Waals surface area contributed by atoms with Crippen molar-refractivity contribution >= 4 is 23.0 Å². The second-order valence-corrected chi connectivity index (χ2v) is 9.50. The van der Waals surface area contributed by atoms with Crippen molar-refractivity contribution in [1.29, 1.82) is 0 Å². The highest BCUT2D eigenvalue weighted by Crippen LogP contribution is 2.36. The normalized spacial score (nSPS) is 11.3. The topological polar surface area (TPSA) is 92.5 Å². The van der Waals surface area contributed by atoms with E-state index in [0.717, 1.165) is 4.68 Å². The first kappa shape index (κ1) is 26.5. The van der Waals surface area contributed by atoms with Crippen molar-refractivity contribution in [3.05, 3.63) is 78.3 Å². The molecule has 8 nitrogen and oxygen atoms in total. The zero-order chi connectivity index (χ0) is 27.6. The third-order valence-corrected chi connectivity index (χ3v) is 5.73. The zero-order valence-electron chi connectivity index (χ0n) is 21.9. The number of fused-ring (bicyclic) bond motifs is 1. The van der Waals surface area contributed by atoms with Crippen LogP contribution >= 0.6 is 0 Å². The van der Waals surface area contributed by atoms with E-state index in [4.69, 9.17) is 14.2 Å². The maximum Gasteiger partial charge on any atom is 0.435 e. The van der Waals surface area contributed by atoms with E-state index in [1.54, 1.807) is 63.2 Å². The molecule has 0 fully saturated rings. The molecule has 2 aromatic carbocycles. The predicted molar refractivity (Wildman–Crippen MR) is 142 cm³/mol. The highest BCUT2D eigenvalue weighted by atomic mass is 19.1. The first-order chi connectivity index (χ1) is 18.1. The standard InChI is InChI=1S/C29H28FN3O5/c1-7-9-17-14-18(12-13-19(17)27(34)37-6)26-20-15-22(25-21(30)10-8-11-24(25)36-5)31-16-23(20)33(32-26)28(35)38-29(2,3)4/h7-8,10-16H,1,9H2,2-6H3. The van der Waals surface area contributed by atoms with Crippen molar-refractivity contribution in [2.45, 2.75) is 32.8 Å². The van der Waals surface area contributed by atoms with Crippen LogP contribution in [-0.4, -0.2) is 46.6 Å². The monoisotopic (exact) mass is 517 g/mol. The van der Waals surface area contributed by atoms with Crippen molar-refractivity contribution in [3.63, 3.8) is 0 Å². The van der Waals surface area contributed by atoms with E-state index >= 15 is 0 Å². The molecule has 196 valence electrons. The number of esters is 1. The summed E-state index contributed by atoms with van der Waals surface area (Å²) in [5.74, 6) is -0.669. The largest absolute Gasteiger partial charge is 0.496 e. The number of methoxy groups -OCH3 is 2. The SMILES string of the molecule is C=CCc1cc(-c2nn(C(=O)OC(C)(C)C)c3cnc(-c4c(F)cccc4OC)cc23)ccc1C(=O)OC. The van der Waals surface area contributed by atoms with Crippen LogP contribution in [0.25, 0.3) is 33.4 Å². The third-order valence-electron chi connectivity index (χ3n) is 5.73. The quantitative estimate of drug-likeness (QED) is 0.222. The Morgan fingerprint density at radius 1 is 1.13 bits per heavy atom. The molecule has 4 rings (SSSR count). The lowest BCUT2D eigenvalue weighted by molar-refractivity contribution is 0.0522. The fourth-order valence-corrected chi connectivity index (χ4v) is 4.11. The summed E-state index contributed by atoms with van der Waals surface area (Å²) in [6, 6.07) is 11.3. The molecule has 2 aromatic heterocycles. The van der Waals surface area contributed by atoms with E-state index in [9.17, 15) is 14.0 Å². The van der Waals surface area contributed by atoms with Gasteiger partial charge in [0.15, 0.2) is 0 Å². The van der Waals surface area contributed by atoms with E-state index < -0.39 is 23.5 Å². The molecule has 0 aliphatic rings. The Morgan fingerprint density at radius 2 is 1.89 bits per heavy atom. The summed E-state index contributed by atoms with van der Waals surface area (Å²) < 4.78 is 31.9. The number of rotatable bonds is 6. The van der Waals surface area contributed by atoms with Gasteiger partial charge in [-0.25, -0.2) is 14.0 Å². The van der Waals surface area contributed by atoms with Crippen molar-refractivity contribution in [3.8, 4) is 28.3 Å².